The van der Waals surface area contributed by atoms with Crippen molar-refractivity contribution in [1.29, 1.82) is 0 Å². The van der Waals surface area contributed by atoms with Crippen molar-refractivity contribution in [3.05, 3.63) is 62.9 Å². The number of benzene rings is 2. The standard InChI is InChI=1S/C13H8ClFN2O4/c14-7-1-3-8(4-2-7)16-11-5-9(13(18)19)10(15)6-12(11)17(20)21/h1-6,16H,(H,18,19). The highest BCUT2D eigenvalue weighted by molar-refractivity contribution is 6.30. The van der Waals surface area contributed by atoms with Gasteiger partial charge in [0, 0.05) is 10.7 Å². The van der Waals surface area contributed by atoms with Crippen molar-refractivity contribution >= 4 is 34.6 Å². The molecule has 2 N–H and O–H groups in total. The molecule has 0 amide bonds. The molecule has 0 saturated heterocycles. The average molecular weight is 311 g/mol. The number of aromatic carboxylic acids is 1. The average Bonchev–Trinajstić information content (AvgIpc) is 2.42. The summed E-state index contributed by atoms with van der Waals surface area (Å²) in [5.74, 6) is -2.68. The molecule has 108 valence electrons. The summed E-state index contributed by atoms with van der Waals surface area (Å²) >= 11 is 5.72. The van der Waals surface area contributed by atoms with Crippen LogP contribution in [0.5, 0.6) is 0 Å². The lowest BCUT2D eigenvalue weighted by molar-refractivity contribution is -0.384. The molecule has 2 rings (SSSR count). The third-order valence-corrected chi connectivity index (χ3v) is 2.89. The number of anilines is 2. The van der Waals surface area contributed by atoms with Crippen molar-refractivity contribution in [2.24, 2.45) is 0 Å². The summed E-state index contributed by atoms with van der Waals surface area (Å²) in [7, 11) is 0. The van der Waals surface area contributed by atoms with E-state index < -0.39 is 28.0 Å². The van der Waals surface area contributed by atoms with Gasteiger partial charge in [-0.25, -0.2) is 9.18 Å². The van der Waals surface area contributed by atoms with Crippen molar-refractivity contribution in [2.75, 3.05) is 5.32 Å². The lowest BCUT2D eigenvalue weighted by atomic mass is 10.1. The first kappa shape index (κ1) is 14.7. The van der Waals surface area contributed by atoms with E-state index in [0.717, 1.165) is 6.07 Å². The second kappa shape index (κ2) is 5.76. The minimum absolute atomic E-state index is 0.124. The van der Waals surface area contributed by atoms with Crippen molar-refractivity contribution in [3.8, 4) is 0 Å². The molecule has 0 aromatic heterocycles. The Bertz CT molecular complexity index is 719. The smallest absolute Gasteiger partial charge is 0.338 e. The predicted octanol–water partition coefficient (Wildman–Crippen LogP) is 3.83. The first-order valence-electron chi connectivity index (χ1n) is 5.62. The van der Waals surface area contributed by atoms with E-state index in [1.165, 1.54) is 0 Å². The Hall–Kier alpha value is -2.67. The van der Waals surface area contributed by atoms with Crippen LogP contribution >= 0.6 is 11.6 Å². The lowest BCUT2D eigenvalue weighted by Crippen LogP contribution is -2.05. The van der Waals surface area contributed by atoms with Gasteiger partial charge in [0.25, 0.3) is 5.69 Å². The molecule has 0 spiro atoms. The van der Waals surface area contributed by atoms with E-state index in [1.807, 2.05) is 0 Å². The zero-order valence-corrected chi connectivity index (χ0v) is 11.1. The normalized spacial score (nSPS) is 10.2. The Morgan fingerprint density at radius 1 is 1.29 bits per heavy atom. The van der Waals surface area contributed by atoms with Crippen LogP contribution in [0.2, 0.25) is 5.02 Å². The number of rotatable bonds is 4. The van der Waals surface area contributed by atoms with Crippen molar-refractivity contribution in [3.63, 3.8) is 0 Å². The Kier molecular flexibility index (Phi) is 4.04. The molecular formula is C13H8ClFN2O4. The van der Waals surface area contributed by atoms with E-state index in [0.29, 0.717) is 16.8 Å². The highest BCUT2D eigenvalue weighted by Gasteiger charge is 2.21. The topological polar surface area (TPSA) is 92.5 Å². The Labute approximate surface area is 122 Å². The fraction of sp³-hybridized carbons (Fsp3) is 0. The summed E-state index contributed by atoms with van der Waals surface area (Å²) in [6.45, 7) is 0. The maximum Gasteiger partial charge on any atom is 0.338 e. The van der Waals surface area contributed by atoms with Crippen LogP contribution in [0, 0.1) is 15.9 Å². The highest BCUT2D eigenvalue weighted by atomic mass is 35.5. The number of halogens is 2. The molecule has 0 heterocycles. The van der Waals surface area contributed by atoms with Gasteiger partial charge in [-0.15, -0.1) is 0 Å². The van der Waals surface area contributed by atoms with Gasteiger partial charge in [-0.2, -0.15) is 0 Å². The summed E-state index contributed by atoms with van der Waals surface area (Å²) in [4.78, 5) is 21.0. The molecule has 0 radical (unpaired) electrons. The van der Waals surface area contributed by atoms with E-state index in [4.69, 9.17) is 16.7 Å². The zero-order chi connectivity index (χ0) is 15.6. The number of carboxylic acid groups (broad SMARTS) is 1. The molecule has 2 aromatic carbocycles. The van der Waals surface area contributed by atoms with Gasteiger partial charge in [-0.05, 0) is 30.3 Å². The van der Waals surface area contributed by atoms with Gasteiger partial charge < -0.3 is 10.4 Å². The third kappa shape index (κ3) is 3.26. The van der Waals surface area contributed by atoms with Crippen LogP contribution in [0.15, 0.2) is 36.4 Å². The van der Waals surface area contributed by atoms with Crippen LogP contribution in [0.25, 0.3) is 0 Å². The molecule has 0 unspecified atom stereocenters. The highest BCUT2D eigenvalue weighted by Crippen LogP contribution is 2.30. The number of hydrogen-bond donors (Lipinski definition) is 2. The minimum atomic E-state index is -1.51. The number of nitro benzene ring substituents is 1. The van der Waals surface area contributed by atoms with Crippen LogP contribution in [0.1, 0.15) is 10.4 Å². The Morgan fingerprint density at radius 3 is 2.43 bits per heavy atom. The van der Waals surface area contributed by atoms with Crippen molar-refractivity contribution in [2.45, 2.75) is 0 Å². The first-order valence-corrected chi connectivity index (χ1v) is 6.00. The summed E-state index contributed by atoms with van der Waals surface area (Å²) in [6, 6.07) is 7.66. The number of nitrogens with one attached hydrogen (secondary N) is 1. The van der Waals surface area contributed by atoms with Gasteiger partial charge in [-0.1, -0.05) is 11.6 Å². The molecule has 0 atom stereocenters. The van der Waals surface area contributed by atoms with Crippen molar-refractivity contribution < 1.29 is 19.2 Å². The summed E-state index contributed by atoms with van der Waals surface area (Å²) in [5.41, 5.74) is -0.893. The van der Waals surface area contributed by atoms with Gasteiger partial charge in [-0.3, -0.25) is 10.1 Å². The van der Waals surface area contributed by atoms with Crippen LogP contribution in [0.4, 0.5) is 21.5 Å². The molecule has 0 fully saturated rings. The largest absolute Gasteiger partial charge is 0.478 e. The minimum Gasteiger partial charge on any atom is -0.478 e. The molecule has 0 aliphatic rings. The quantitative estimate of drug-likeness (QED) is 0.661. The second-order valence-electron chi connectivity index (χ2n) is 4.04. The van der Waals surface area contributed by atoms with Gasteiger partial charge in [0.1, 0.15) is 11.5 Å². The summed E-state index contributed by atoms with van der Waals surface area (Å²) in [5, 5.41) is 22.9. The Morgan fingerprint density at radius 2 is 1.90 bits per heavy atom. The van der Waals surface area contributed by atoms with E-state index >= 15 is 0 Å². The van der Waals surface area contributed by atoms with Gasteiger partial charge in [0.2, 0.25) is 0 Å². The fourth-order valence-corrected chi connectivity index (χ4v) is 1.79. The van der Waals surface area contributed by atoms with E-state index in [1.54, 1.807) is 24.3 Å². The van der Waals surface area contributed by atoms with Crippen LogP contribution in [-0.4, -0.2) is 16.0 Å². The zero-order valence-electron chi connectivity index (χ0n) is 10.3. The predicted molar refractivity (Wildman–Crippen MR) is 74.7 cm³/mol. The van der Waals surface area contributed by atoms with Gasteiger partial charge in [0.15, 0.2) is 0 Å². The molecule has 0 aliphatic heterocycles. The number of nitro groups is 1. The van der Waals surface area contributed by atoms with E-state index in [-0.39, 0.29) is 5.69 Å². The van der Waals surface area contributed by atoms with Crippen molar-refractivity contribution in [1.82, 2.24) is 0 Å². The molecule has 8 heteroatoms. The molecule has 0 bridgehead atoms. The lowest BCUT2D eigenvalue weighted by Gasteiger charge is -2.09. The molecular weight excluding hydrogens is 303 g/mol. The van der Waals surface area contributed by atoms with Gasteiger partial charge >= 0.3 is 5.97 Å². The number of carbonyl (C=O) groups is 1. The van der Waals surface area contributed by atoms with E-state index in [9.17, 15) is 19.3 Å². The molecule has 0 saturated carbocycles. The monoisotopic (exact) mass is 310 g/mol. The second-order valence-corrected chi connectivity index (χ2v) is 4.48. The summed E-state index contributed by atoms with van der Waals surface area (Å²) < 4.78 is 13.5. The number of nitrogens with zero attached hydrogens (tertiary/aromatic N) is 1. The molecule has 6 nitrogen and oxygen atoms in total. The molecule has 21 heavy (non-hydrogen) atoms. The molecule has 0 aliphatic carbocycles. The maximum absolute atomic E-state index is 13.5. The van der Waals surface area contributed by atoms with Gasteiger partial charge in [0.05, 0.1) is 16.6 Å². The SMILES string of the molecule is O=C(O)c1cc(Nc2ccc(Cl)cc2)c([N+](=O)[O-])cc1F. The fourth-order valence-electron chi connectivity index (χ4n) is 1.67. The number of carboxylic acids is 1. The molecule has 2 aromatic rings. The third-order valence-electron chi connectivity index (χ3n) is 2.64. The summed E-state index contributed by atoms with van der Waals surface area (Å²) in [6.07, 6.45) is 0. The first-order chi connectivity index (χ1) is 9.88. The van der Waals surface area contributed by atoms with Crippen LogP contribution in [-0.2, 0) is 0 Å². The van der Waals surface area contributed by atoms with Crippen LogP contribution in [0.3, 0.4) is 0 Å². The van der Waals surface area contributed by atoms with E-state index in [2.05, 4.69) is 5.32 Å². The number of hydrogen-bond acceptors (Lipinski definition) is 4. The maximum atomic E-state index is 13.5. The Balaban J connectivity index is 2.49. The van der Waals surface area contributed by atoms with Crippen LogP contribution < -0.4 is 5.32 Å².